The number of nitrogens with zero attached hydrogens (tertiary/aromatic N) is 3. The van der Waals surface area contributed by atoms with Crippen molar-refractivity contribution in [2.75, 3.05) is 25.5 Å². The smallest absolute Gasteiger partial charge is 0.266 e. The zero-order valence-electron chi connectivity index (χ0n) is 17.9. The first-order chi connectivity index (χ1) is 14.4. The quantitative estimate of drug-likeness (QED) is 0.674. The molecule has 1 aliphatic heterocycles. The second-order valence-corrected chi connectivity index (χ2v) is 9.39. The van der Waals surface area contributed by atoms with Gasteiger partial charge in [0.25, 0.3) is 11.5 Å². The first kappa shape index (κ1) is 20.8. The van der Waals surface area contributed by atoms with Crippen molar-refractivity contribution in [2.45, 2.75) is 45.6 Å². The van der Waals surface area contributed by atoms with E-state index in [1.54, 1.807) is 0 Å². The van der Waals surface area contributed by atoms with Gasteiger partial charge in [-0.25, -0.2) is 4.98 Å². The summed E-state index contributed by atoms with van der Waals surface area (Å²) in [7, 11) is 2.12. The molecule has 0 aliphatic carbocycles. The summed E-state index contributed by atoms with van der Waals surface area (Å²) in [5.41, 5.74) is 1.45. The number of hydrogen-bond acceptors (Lipinski definition) is 5. The molecule has 3 aromatic rings. The highest BCUT2D eigenvalue weighted by Crippen LogP contribution is 2.31. The molecule has 1 N–H and O–H groups in total. The van der Waals surface area contributed by atoms with Crippen LogP contribution in [0.1, 0.15) is 59.7 Å². The van der Waals surface area contributed by atoms with E-state index in [0.29, 0.717) is 15.1 Å². The molecule has 0 bridgehead atoms. The average molecular weight is 425 g/mol. The highest BCUT2D eigenvalue weighted by atomic mass is 32.1. The maximum absolute atomic E-state index is 13.6. The van der Waals surface area contributed by atoms with Gasteiger partial charge in [0.05, 0.1) is 10.3 Å². The molecule has 2 aromatic heterocycles. The number of carbonyl (C=O) groups excluding carboxylic acids is 1. The lowest BCUT2D eigenvalue weighted by molar-refractivity contribution is 0.103. The molecule has 30 heavy (non-hydrogen) atoms. The molecule has 1 fully saturated rings. The number of rotatable bonds is 4. The van der Waals surface area contributed by atoms with Crippen molar-refractivity contribution in [3.05, 3.63) is 57.0 Å². The van der Waals surface area contributed by atoms with Crippen LogP contribution >= 0.6 is 11.3 Å². The molecule has 0 atom stereocenters. The number of piperidine rings is 1. The Bertz CT molecular complexity index is 1130. The molecule has 4 rings (SSSR count). The predicted octanol–water partition coefficient (Wildman–Crippen LogP) is 4.41. The molecular formula is C23H28N4O2S. The lowest BCUT2D eigenvalue weighted by Gasteiger charge is -2.32. The van der Waals surface area contributed by atoms with Gasteiger partial charge < -0.3 is 10.2 Å². The molecule has 7 heteroatoms. The highest BCUT2D eigenvalue weighted by Gasteiger charge is 2.27. The lowest BCUT2D eigenvalue weighted by Crippen LogP contribution is -2.37. The van der Waals surface area contributed by atoms with Gasteiger partial charge in [-0.3, -0.25) is 14.2 Å². The van der Waals surface area contributed by atoms with Gasteiger partial charge in [-0.15, -0.1) is 11.3 Å². The van der Waals surface area contributed by atoms with Gasteiger partial charge in [0.2, 0.25) is 0 Å². The molecule has 0 unspecified atom stereocenters. The largest absolute Gasteiger partial charge is 0.321 e. The zero-order valence-corrected chi connectivity index (χ0v) is 18.8. The molecule has 0 saturated carbocycles. The van der Waals surface area contributed by atoms with Gasteiger partial charge in [0.15, 0.2) is 0 Å². The SMILES string of the molecule is Cc1c(C(=O)Nc2ccccc2)sc2nc(C(C)C)n(C3CCN(C)CC3)c(=O)c12. The Balaban J connectivity index is 1.80. The second-order valence-electron chi connectivity index (χ2n) is 8.39. The fourth-order valence-electron chi connectivity index (χ4n) is 4.15. The summed E-state index contributed by atoms with van der Waals surface area (Å²) in [5.74, 6) is 0.752. The van der Waals surface area contributed by atoms with E-state index in [4.69, 9.17) is 4.98 Å². The van der Waals surface area contributed by atoms with Crippen molar-refractivity contribution in [3.63, 3.8) is 0 Å². The maximum Gasteiger partial charge on any atom is 0.266 e. The van der Waals surface area contributed by atoms with Crippen LogP contribution in [0.25, 0.3) is 10.2 Å². The Morgan fingerprint density at radius 3 is 2.50 bits per heavy atom. The van der Waals surface area contributed by atoms with Crippen LogP contribution in [0.2, 0.25) is 0 Å². The zero-order chi connectivity index (χ0) is 21.4. The molecule has 1 aliphatic rings. The molecule has 0 radical (unpaired) electrons. The maximum atomic E-state index is 13.6. The van der Waals surface area contributed by atoms with Crippen molar-refractivity contribution in [1.29, 1.82) is 0 Å². The number of carbonyl (C=O) groups is 1. The van der Waals surface area contributed by atoms with Gasteiger partial charge in [0.1, 0.15) is 10.7 Å². The molecule has 6 nitrogen and oxygen atoms in total. The van der Waals surface area contributed by atoms with Gasteiger partial charge in [0, 0.05) is 17.6 Å². The topological polar surface area (TPSA) is 67.2 Å². The van der Waals surface area contributed by atoms with Crippen molar-refractivity contribution >= 4 is 33.1 Å². The third-order valence-corrected chi connectivity index (χ3v) is 7.02. The molecule has 1 saturated heterocycles. The van der Waals surface area contributed by atoms with Gasteiger partial charge in [-0.05, 0) is 57.6 Å². The number of aryl methyl sites for hydroxylation is 1. The van der Waals surface area contributed by atoms with Crippen molar-refractivity contribution in [3.8, 4) is 0 Å². The van der Waals surface area contributed by atoms with Gasteiger partial charge in [-0.1, -0.05) is 32.0 Å². The Kier molecular flexibility index (Phi) is 5.75. The number of nitrogens with one attached hydrogen (secondary N) is 1. The minimum absolute atomic E-state index is 0.00855. The van der Waals surface area contributed by atoms with E-state index in [9.17, 15) is 9.59 Å². The van der Waals surface area contributed by atoms with Crippen LogP contribution in [0.5, 0.6) is 0 Å². The number of fused-ring (bicyclic) bond motifs is 1. The summed E-state index contributed by atoms with van der Waals surface area (Å²) in [6.07, 6.45) is 1.88. The molecule has 1 aromatic carbocycles. The highest BCUT2D eigenvalue weighted by molar-refractivity contribution is 7.20. The van der Waals surface area contributed by atoms with Crippen LogP contribution in [-0.4, -0.2) is 40.5 Å². The lowest BCUT2D eigenvalue weighted by atomic mass is 10.0. The minimum Gasteiger partial charge on any atom is -0.321 e. The van der Waals surface area contributed by atoms with Crippen molar-refractivity contribution in [1.82, 2.24) is 14.5 Å². The monoisotopic (exact) mass is 424 g/mol. The van der Waals surface area contributed by atoms with Crippen LogP contribution < -0.4 is 10.9 Å². The summed E-state index contributed by atoms with van der Waals surface area (Å²) >= 11 is 1.31. The third kappa shape index (κ3) is 3.79. The molecule has 158 valence electrons. The van der Waals surface area contributed by atoms with Crippen LogP contribution in [0.3, 0.4) is 0 Å². The number of hydrogen-bond donors (Lipinski definition) is 1. The van der Waals surface area contributed by atoms with E-state index in [1.807, 2.05) is 41.8 Å². The Hall–Kier alpha value is -2.51. The number of anilines is 1. The van der Waals surface area contributed by atoms with Crippen LogP contribution in [0.15, 0.2) is 35.1 Å². The van der Waals surface area contributed by atoms with Crippen LogP contribution in [-0.2, 0) is 0 Å². The van der Waals surface area contributed by atoms with Gasteiger partial charge >= 0.3 is 0 Å². The summed E-state index contributed by atoms with van der Waals surface area (Å²) in [5, 5.41) is 3.51. The number of para-hydroxylation sites is 1. The van der Waals surface area contributed by atoms with E-state index < -0.39 is 0 Å². The number of likely N-dealkylation sites (tertiary alicyclic amines) is 1. The van der Waals surface area contributed by atoms with E-state index >= 15 is 0 Å². The molecular weight excluding hydrogens is 396 g/mol. The van der Waals surface area contributed by atoms with Crippen LogP contribution in [0.4, 0.5) is 5.69 Å². The van der Waals surface area contributed by atoms with Crippen LogP contribution in [0, 0.1) is 6.92 Å². The van der Waals surface area contributed by atoms with E-state index in [-0.39, 0.29) is 23.4 Å². The fraction of sp³-hybridized carbons (Fsp3) is 0.435. The number of thiophene rings is 1. The Labute approximate surface area is 180 Å². The van der Waals surface area contributed by atoms with Gasteiger partial charge in [-0.2, -0.15) is 0 Å². The Morgan fingerprint density at radius 1 is 1.20 bits per heavy atom. The number of amides is 1. The first-order valence-electron chi connectivity index (χ1n) is 10.5. The number of benzene rings is 1. The Morgan fingerprint density at radius 2 is 1.87 bits per heavy atom. The molecule has 1 amide bonds. The third-order valence-electron chi connectivity index (χ3n) is 5.83. The second kappa shape index (κ2) is 8.32. The normalized spacial score (nSPS) is 15.8. The van der Waals surface area contributed by atoms with E-state index in [1.165, 1.54) is 11.3 Å². The summed E-state index contributed by atoms with van der Waals surface area (Å²) in [6, 6.07) is 9.52. The fourth-order valence-corrected chi connectivity index (χ4v) is 5.22. The summed E-state index contributed by atoms with van der Waals surface area (Å²) in [6.45, 7) is 7.95. The van der Waals surface area contributed by atoms with E-state index in [0.717, 1.165) is 43.0 Å². The first-order valence-corrected chi connectivity index (χ1v) is 11.3. The van der Waals surface area contributed by atoms with Crippen molar-refractivity contribution in [2.24, 2.45) is 0 Å². The minimum atomic E-state index is -0.196. The average Bonchev–Trinajstić information content (AvgIpc) is 3.06. The summed E-state index contributed by atoms with van der Waals surface area (Å²) in [4.78, 5) is 34.9. The van der Waals surface area contributed by atoms with Crippen molar-refractivity contribution < 1.29 is 4.79 Å². The predicted molar refractivity (Wildman–Crippen MR) is 123 cm³/mol. The number of aromatic nitrogens is 2. The molecule has 0 spiro atoms. The summed E-state index contributed by atoms with van der Waals surface area (Å²) < 4.78 is 1.92. The van der Waals surface area contributed by atoms with E-state index in [2.05, 4.69) is 31.1 Å². The standard InChI is InChI=1S/C23H28N4O2S/c1-14(2)20-25-22-18(23(29)27(20)17-10-12-26(4)13-11-17)15(3)19(30-22)21(28)24-16-8-6-5-7-9-16/h5-9,14,17H,10-13H2,1-4H3,(H,24,28). The molecule has 3 heterocycles.